The molecule has 158 valence electrons. The number of rotatable bonds is 6. The van der Waals surface area contributed by atoms with E-state index in [0.717, 1.165) is 36.2 Å². The van der Waals surface area contributed by atoms with Gasteiger partial charge in [0.15, 0.2) is 11.5 Å². The molecule has 9 heteroatoms. The Labute approximate surface area is 178 Å². The van der Waals surface area contributed by atoms with E-state index in [-0.39, 0.29) is 18.6 Å². The summed E-state index contributed by atoms with van der Waals surface area (Å²) in [6.07, 6.45) is 4.38. The van der Waals surface area contributed by atoms with Crippen LogP contribution in [0.15, 0.2) is 48.8 Å². The molecule has 0 bridgehead atoms. The fourth-order valence-electron chi connectivity index (χ4n) is 3.71. The number of carbonyl (C=O) groups is 1. The van der Waals surface area contributed by atoms with Gasteiger partial charge in [0, 0.05) is 36.4 Å². The summed E-state index contributed by atoms with van der Waals surface area (Å²) in [4.78, 5) is 17.0. The Balaban J connectivity index is 1.37. The molecule has 4 heterocycles. The number of pyridine rings is 2. The molecule has 0 saturated carbocycles. The molecular weight excluding hydrogens is 396 g/mol. The number of nitrogens with one attached hydrogen (secondary N) is 2. The number of amides is 1. The quantitative estimate of drug-likeness (QED) is 0.493. The van der Waals surface area contributed by atoms with Crippen molar-refractivity contribution in [2.45, 2.75) is 19.1 Å². The van der Waals surface area contributed by atoms with Gasteiger partial charge in [-0.15, -0.1) is 10.2 Å². The van der Waals surface area contributed by atoms with Gasteiger partial charge < -0.3 is 20.1 Å². The highest BCUT2D eigenvalue weighted by Gasteiger charge is 2.18. The van der Waals surface area contributed by atoms with E-state index >= 15 is 0 Å². The lowest BCUT2D eigenvalue weighted by Gasteiger charge is -2.12. The van der Waals surface area contributed by atoms with E-state index in [4.69, 9.17) is 9.47 Å². The van der Waals surface area contributed by atoms with Crippen LogP contribution in [-0.2, 0) is 6.61 Å². The average molecular weight is 418 g/mol. The fraction of sp³-hybridized carbons (Fsp3) is 0.273. The van der Waals surface area contributed by atoms with Crippen molar-refractivity contribution >= 4 is 22.5 Å². The standard InChI is InChI=1S/C22H22N6O3/c1-30-16-3-4-17-18(10-16)24-9-7-19(17)31-13-21-27-26-20-5-2-14(12-28(20)21)22(29)25-15-6-8-23-11-15/h2-5,7,9-10,12,15,23H,6,8,11,13H2,1H3,(H,25,29)/t15-/m1/s1. The predicted molar refractivity (Wildman–Crippen MR) is 114 cm³/mol. The Morgan fingerprint density at radius 3 is 3.03 bits per heavy atom. The zero-order valence-corrected chi connectivity index (χ0v) is 17.0. The van der Waals surface area contributed by atoms with Gasteiger partial charge >= 0.3 is 0 Å². The highest BCUT2D eigenvalue weighted by atomic mass is 16.5. The molecule has 0 radical (unpaired) electrons. The third kappa shape index (κ3) is 3.87. The summed E-state index contributed by atoms with van der Waals surface area (Å²) < 4.78 is 13.1. The number of methoxy groups -OCH3 is 1. The number of fused-ring (bicyclic) bond motifs is 2. The lowest BCUT2D eigenvalue weighted by atomic mass is 10.2. The number of hydrogen-bond donors (Lipinski definition) is 2. The summed E-state index contributed by atoms with van der Waals surface area (Å²) in [5, 5.41) is 15.6. The summed E-state index contributed by atoms with van der Waals surface area (Å²) in [6.45, 7) is 1.92. The van der Waals surface area contributed by atoms with E-state index in [1.807, 2.05) is 24.3 Å². The number of aromatic nitrogens is 4. The fourth-order valence-corrected chi connectivity index (χ4v) is 3.71. The molecule has 1 amide bonds. The van der Waals surface area contributed by atoms with Gasteiger partial charge in [-0.05, 0) is 43.3 Å². The number of benzene rings is 1. The highest BCUT2D eigenvalue weighted by molar-refractivity contribution is 5.94. The summed E-state index contributed by atoms with van der Waals surface area (Å²) in [5.41, 5.74) is 1.99. The minimum atomic E-state index is -0.106. The van der Waals surface area contributed by atoms with Crippen LogP contribution < -0.4 is 20.1 Å². The van der Waals surface area contributed by atoms with E-state index < -0.39 is 0 Å². The maximum Gasteiger partial charge on any atom is 0.253 e. The first-order chi connectivity index (χ1) is 15.2. The van der Waals surface area contributed by atoms with Crippen molar-refractivity contribution < 1.29 is 14.3 Å². The monoisotopic (exact) mass is 418 g/mol. The Kier molecular flexibility index (Phi) is 5.09. The zero-order chi connectivity index (χ0) is 21.2. The topological polar surface area (TPSA) is 103 Å². The molecule has 5 rings (SSSR count). The molecule has 1 aromatic carbocycles. The molecule has 31 heavy (non-hydrogen) atoms. The second-order valence-electron chi connectivity index (χ2n) is 7.41. The van der Waals surface area contributed by atoms with Crippen LogP contribution in [0.5, 0.6) is 11.5 Å². The van der Waals surface area contributed by atoms with Crippen LogP contribution in [0.4, 0.5) is 0 Å². The largest absolute Gasteiger partial charge is 0.497 e. The zero-order valence-electron chi connectivity index (χ0n) is 17.0. The molecule has 0 aliphatic carbocycles. The van der Waals surface area contributed by atoms with Crippen LogP contribution in [0, 0.1) is 0 Å². The third-order valence-corrected chi connectivity index (χ3v) is 5.40. The van der Waals surface area contributed by atoms with Gasteiger partial charge in [0.2, 0.25) is 0 Å². The molecule has 1 aliphatic rings. The van der Waals surface area contributed by atoms with Crippen LogP contribution in [0.1, 0.15) is 22.6 Å². The van der Waals surface area contributed by atoms with E-state index in [1.165, 1.54) is 0 Å². The number of carbonyl (C=O) groups excluding carboxylic acids is 1. The van der Waals surface area contributed by atoms with Crippen molar-refractivity contribution in [3.63, 3.8) is 0 Å². The molecular formula is C22H22N6O3. The van der Waals surface area contributed by atoms with Gasteiger partial charge in [0.05, 0.1) is 18.2 Å². The molecule has 3 aromatic heterocycles. The van der Waals surface area contributed by atoms with E-state index in [2.05, 4.69) is 25.8 Å². The maximum absolute atomic E-state index is 12.6. The van der Waals surface area contributed by atoms with Crippen LogP contribution in [-0.4, -0.2) is 51.7 Å². The van der Waals surface area contributed by atoms with Crippen LogP contribution in [0.2, 0.25) is 0 Å². The van der Waals surface area contributed by atoms with Gasteiger partial charge in [-0.3, -0.25) is 14.2 Å². The molecule has 1 aliphatic heterocycles. The van der Waals surface area contributed by atoms with Crippen molar-refractivity contribution in [3.05, 3.63) is 60.2 Å². The molecule has 0 spiro atoms. The SMILES string of the molecule is COc1ccc2c(OCc3nnc4ccc(C(=O)N[C@@H]5CCNC5)cn34)ccnc2c1. The van der Waals surface area contributed by atoms with Gasteiger partial charge in [-0.25, -0.2) is 0 Å². The molecule has 1 fully saturated rings. The lowest BCUT2D eigenvalue weighted by Crippen LogP contribution is -2.36. The minimum absolute atomic E-state index is 0.106. The average Bonchev–Trinajstić information content (AvgIpc) is 3.46. The predicted octanol–water partition coefficient (Wildman–Crippen LogP) is 1.96. The van der Waals surface area contributed by atoms with E-state index in [1.54, 1.807) is 36.0 Å². The second kappa shape index (κ2) is 8.19. The molecule has 2 N–H and O–H groups in total. The Hall–Kier alpha value is -3.72. The van der Waals surface area contributed by atoms with Gasteiger partial charge in [0.1, 0.15) is 18.1 Å². The smallest absolute Gasteiger partial charge is 0.253 e. The lowest BCUT2D eigenvalue weighted by molar-refractivity contribution is 0.0939. The maximum atomic E-state index is 12.6. The van der Waals surface area contributed by atoms with Crippen molar-refractivity contribution in [1.82, 2.24) is 30.2 Å². The number of nitrogens with zero attached hydrogens (tertiary/aromatic N) is 4. The molecule has 9 nitrogen and oxygen atoms in total. The normalized spacial score (nSPS) is 16.0. The first-order valence-corrected chi connectivity index (χ1v) is 10.1. The molecule has 4 aromatic rings. The second-order valence-corrected chi connectivity index (χ2v) is 7.41. The van der Waals surface area contributed by atoms with E-state index in [0.29, 0.717) is 22.8 Å². The van der Waals surface area contributed by atoms with Gasteiger partial charge in [-0.2, -0.15) is 0 Å². The third-order valence-electron chi connectivity index (χ3n) is 5.40. The van der Waals surface area contributed by atoms with Gasteiger partial charge in [0.25, 0.3) is 5.91 Å². The Bertz CT molecular complexity index is 1250. The highest BCUT2D eigenvalue weighted by Crippen LogP contribution is 2.27. The molecule has 0 unspecified atom stereocenters. The summed E-state index contributed by atoms with van der Waals surface area (Å²) >= 11 is 0. The van der Waals surface area contributed by atoms with Crippen molar-refractivity contribution in [2.75, 3.05) is 20.2 Å². The van der Waals surface area contributed by atoms with Crippen molar-refractivity contribution in [2.24, 2.45) is 0 Å². The summed E-state index contributed by atoms with van der Waals surface area (Å²) in [5.74, 6) is 1.92. The van der Waals surface area contributed by atoms with Crippen LogP contribution >= 0.6 is 0 Å². The minimum Gasteiger partial charge on any atom is -0.497 e. The van der Waals surface area contributed by atoms with Crippen molar-refractivity contribution in [3.8, 4) is 11.5 Å². The van der Waals surface area contributed by atoms with Crippen LogP contribution in [0.3, 0.4) is 0 Å². The Morgan fingerprint density at radius 1 is 1.26 bits per heavy atom. The molecule has 1 atom stereocenters. The first-order valence-electron chi connectivity index (χ1n) is 10.1. The Morgan fingerprint density at radius 2 is 2.19 bits per heavy atom. The van der Waals surface area contributed by atoms with Gasteiger partial charge in [-0.1, -0.05) is 0 Å². The van der Waals surface area contributed by atoms with E-state index in [9.17, 15) is 4.79 Å². The molecule has 1 saturated heterocycles. The summed E-state index contributed by atoms with van der Waals surface area (Å²) in [6, 6.07) is 11.2. The van der Waals surface area contributed by atoms with Crippen molar-refractivity contribution in [1.29, 1.82) is 0 Å². The number of ether oxygens (including phenoxy) is 2. The van der Waals surface area contributed by atoms with Crippen LogP contribution in [0.25, 0.3) is 16.6 Å². The first kappa shape index (κ1) is 19.3. The summed E-state index contributed by atoms with van der Waals surface area (Å²) in [7, 11) is 1.62. The number of hydrogen-bond acceptors (Lipinski definition) is 7.